The van der Waals surface area contributed by atoms with Gasteiger partial charge in [0.2, 0.25) is 0 Å². The minimum absolute atomic E-state index is 0.519. The first-order chi connectivity index (χ1) is 8.24. The van der Waals surface area contributed by atoms with Crippen LogP contribution in [0.3, 0.4) is 0 Å². The Morgan fingerprint density at radius 3 is 2.76 bits per heavy atom. The van der Waals surface area contributed by atoms with Crippen molar-refractivity contribution in [1.82, 2.24) is 9.97 Å². The molecule has 1 aliphatic rings. The second-order valence-corrected chi connectivity index (χ2v) is 4.75. The average molecular weight is 246 g/mol. The van der Waals surface area contributed by atoms with Gasteiger partial charge in [0.05, 0.1) is 0 Å². The van der Waals surface area contributed by atoms with Gasteiger partial charge in [-0.3, -0.25) is 0 Å². The van der Waals surface area contributed by atoms with Crippen molar-refractivity contribution in [2.24, 2.45) is 0 Å². The molecule has 86 valence electrons. The maximum absolute atomic E-state index is 5.97. The molecule has 17 heavy (non-hydrogen) atoms. The number of nitrogens with two attached hydrogens (primary N) is 1. The standard InChI is InChI=1S/C13H12ClN3/c14-10-3-1-2-9(6-10)11-7-16-13(8-4-5-8)17-12(11)15/h1-3,6-8H,4-5H2,(H2,15,16,17). The lowest BCUT2D eigenvalue weighted by atomic mass is 10.1. The first-order valence-corrected chi connectivity index (χ1v) is 6.00. The zero-order chi connectivity index (χ0) is 11.8. The Bertz CT molecular complexity index is 564. The Kier molecular flexibility index (Phi) is 2.48. The third-order valence-corrected chi connectivity index (χ3v) is 3.15. The number of nitrogen functional groups attached to an aromatic ring is 1. The van der Waals surface area contributed by atoms with E-state index < -0.39 is 0 Å². The Morgan fingerprint density at radius 1 is 1.29 bits per heavy atom. The Hall–Kier alpha value is -1.61. The quantitative estimate of drug-likeness (QED) is 0.884. The van der Waals surface area contributed by atoms with E-state index in [1.807, 2.05) is 24.3 Å². The SMILES string of the molecule is Nc1nc(C2CC2)ncc1-c1cccc(Cl)c1. The minimum Gasteiger partial charge on any atom is -0.383 e. The van der Waals surface area contributed by atoms with E-state index >= 15 is 0 Å². The normalized spacial score (nSPS) is 14.9. The summed E-state index contributed by atoms with van der Waals surface area (Å²) < 4.78 is 0. The van der Waals surface area contributed by atoms with Gasteiger partial charge in [-0.05, 0) is 30.5 Å². The first-order valence-electron chi connectivity index (χ1n) is 5.62. The first kappa shape index (κ1) is 10.5. The predicted molar refractivity (Wildman–Crippen MR) is 68.9 cm³/mol. The van der Waals surface area contributed by atoms with Crippen LogP contribution >= 0.6 is 11.6 Å². The van der Waals surface area contributed by atoms with Crippen molar-refractivity contribution < 1.29 is 0 Å². The third-order valence-electron chi connectivity index (χ3n) is 2.91. The molecule has 1 aromatic heterocycles. The third kappa shape index (κ3) is 2.11. The summed E-state index contributed by atoms with van der Waals surface area (Å²) in [5.74, 6) is 1.92. The van der Waals surface area contributed by atoms with E-state index in [0.29, 0.717) is 16.8 Å². The zero-order valence-electron chi connectivity index (χ0n) is 9.23. The zero-order valence-corrected chi connectivity index (χ0v) is 9.98. The van der Waals surface area contributed by atoms with Crippen LogP contribution in [0.25, 0.3) is 11.1 Å². The van der Waals surface area contributed by atoms with Crippen LogP contribution in [-0.4, -0.2) is 9.97 Å². The highest BCUT2D eigenvalue weighted by Crippen LogP contribution is 2.39. The molecule has 1 aliphatic carbocycles. The van der Waals surface area contributed by atoms with Crippen LogP contribution < -0.4 is 5.73 Å². The van der Waals surface area contributed by atoms with Crippen molar-refractivity contribution in [3.8, 4) is 11.1 Å². The molecule has 2 aromatic rings. The highest BCUT2D eigenvalue weighted by molar-refractivity contribution is 6.30. The molecule has 0 aliphatic heterocycles. The van der Waals surface area contributed by atoms with E-state index in [4.69, 9.17) is 17.3 Å². The van der Waals surface area contributed by atoms with Crippen LogP contribution in [0.1, 0.15) is 24.6 Å². The van der Waals surface area contributed by atoms with E-state index in [2.05, 4.69) is 9.97 Å². The number of rotatable bonds is 2. The molecule has 3 nitrogen and oxygen atoms in total. The molecule has 0 radical (unpaired) electrons. The van der Waals surface area contributed by atoms with Crippen LogP contribution in [0.15, 0.2) is 30.5 Å². The number of anilines is 1. The summed E-state index contributed by atoms with van der Waals surface area (Å²) in [5.41, 5.74) is 7.78. The van der Waals surface area contributed by atoms with E-state index in [9.17, 15) is 0 Å². The molecule has 1 heterocycles. The predicted octanol–water partition coefficient (Wildman–Crippen LogP) is 3.26. The summed E-state index contributed by atoms with van der Waals surface area (Å²) in [4.78, 5) is 8.74. The maximum atomic E-state index is 5.97. The van der Waals surface area contributed by atoms with Crippen molar-refractivity contribution in [2.75, 3.05) is 5.73 Å². The van der Waals surface area contributed by atoms with Gasteiger partial charge in [0.15, 0.2) is 0 Å². The minimum atomic E-state index is 0.519. The topological polar surface area (TPSA) is 51.8 Å². The summed E-state index contributed by atoms with van der Waals surface area (Å²) >= 11 is 5.96. The van der Waals surface area contributed by atoms with E-state index in [-0.39, 0.29) is 0 Å². The largest absolute Gasteiger partial charge is 0.383 e. The van der Waals surface area contributed by atoms with Gasteiger partial charge in [0.25, 0.3) is 0 Å². The second kappa shape index (κ2) is 4.00. The van der Waals surface area contributed by atoms with Crippen LogP contribution in [-0.2, 0) is 0 Å². The van der Waals surface area contributed by atoms with Gasteiger partial charge in [-0.25, -0.2) is 9.97 Å². The molecular formula is C13H12ClN3. The van der Waals surface area contributed by atoms with Crippen molar-refractivity contribution >= 4 is 17.4 Å². The van der Waals surface area contributed by atoms with Crippen LogP contribution in [0.5, 0.6) is 0 Å². The van der Waals surface area contributed by atoms with Crippen molar-refractivity contribution in [1.29, 1.82) is 0 Å². The molecule has 1 saturated carbocycles. The number of nitrogens with zero attached hydrogens (tertiary/aromatic N) is 2. The van der Waals surface area contributed by atoms with Crippen molar-refractivity contribution in [3.63, 3.8) is 0 Å². The highest BCUT2D eigenvalue weighted by Gasteiger charge is 2.27. The monoisotopic (exact) mass is 245 g/mol. The van der Waals surface area contributed by atoms with E-state index in [1.165, 1.54) is 12.8 Å². The Balaban J connectivity index is 2.02. The number of benzene rings is 1. The highest BCUT2D eigenvalue weighted by atomic mass is 35.5. The lowest BCUT2D eigenvalue weighted by Crippen LogP contribution is -2.00. The summed E-state index contributed by atoms with van der Waals surface area (Å²) in [5, 5.41) is 0.688. The average Bonchev–Trinajstić information content (AvgIpc) is 3.12. The fourth-order valence-electron chi connectivity index (χ4n) is 1.83. The van der Waals surface area contributed by atoms with Gasteiger partial charge >= 0.3 is 0 Å². The molecule has 4 heteroatoms. The molecule has 0 atom stereocenters. The lowest BCUT2D eigenvalue weighted by molar-refractivity contribution is 0.934. The maximum Gasteiger partial charge on any atom is 0.135 e. The Morgan fingerprint density at radius 2 is 2.12 bits per heavy atom. The molecule has 3 rings (SSSR count). The fourth-order valence-corrected chi connectivity index (χ4v) is 2.02. The molecule has 1 aromatic carbocycles. The molecule has 2 N–H and O–H groups in total. The van der Waals surface area contributed by atoms with Crippen LogP contribution in [0.4, 0.5) is 5.82 Å². The van der Waals surface area contributed by atoms with Gasteiger partial charge in [0, 0.05) is 22.7 Å². The number of aromatic nitrogens is 2. The van der Waals surface area contributed by atoms with E-state index in [1.54, 1.807) is 6.20 Å². The molecule has 0 bridgehead atoms. The van der Waals surface area contributed by atoms with Gasteiger partial charge in [0.1, 0.15) is 11.6 Å². The van der Waals surface area contributed by atoms with Crippen LogP contribution in [0.2, 0.25) is 5.02 Å². The smallest absolute Gasteiger partial charge is 0.135 e. The van der Waals surface area contributed by atoms with Crippen molar-refractivity contribution in [3.05, 3.63) is 41.3 Å². The van der Waals surface area contributed by atoms with E-state index in [0.717, 1.165) is 17.0 Å². The molecule has 0 spiro atoms. The van der Waals surface area contributed by atoms with Gasteiger partial charge in [-0.2, -0.15) is 0 Å². The van der Waals surface area contributed by atoms with Crippen LogP contribution in [0, 0.1) is 0 Å². The Labute approximate surface area is 105 Å². The van der Waals surface area contributed by atoms with Gasteiger partial charge in [-0.1, -0.05) is 23.7 Å². The number of halogens is 1. The molecule has 0 saturated heterocycles. The number of hydrogen-bond donors (Lipinski definition) is 1. The summed E-state index contributed by atoms with van der Waals surface area (Å²) in [6.07, 6.45) is 4.15. The fraction of sp³-hybridized carbons (Fsp3) is 0.231. The number of hydrogen-bond acceptors (Lipinski definition) is 3. The lowest BCUT2D eigenvalue weighted by Gasteiger charge is -2.06. The van der Waals surface area contributed by atoms with Gasteiger partial charge < -0.3 is 5.73 Å². The summed E-state index contributed by atoms with van der Waals surface area (Å²) in [6.45, 7) is 0. The molecular weight excluding hydrogens is 234 g/mol. The summed E-state index contributed by atoms with van der Waals surface area (Å²) in [6, 6.07) is 7.55. The van der Waals surface area contributed by atoms with Gasteiger partial charge in [-0.15, -0.1) is 0 Å². The molecule has 1 fully saturated rings. The molecule has 0 unspecified atom stereocenters. The summed E-state index contributed by atoms with van der Waals surface area (Å²) in [7, 11) is 0. The van der Waals surface area contributed by atoms with Crippen molar-refractivity contribution in [2.45, 2.75) is 18.8 Å². The second-order valence-electron chi connectivity index (χ2n) is 4.31. The molecule has 0 amide bonds.